The number of carbonyl (C=O) groups excluding carboxylic acids is 1. The van der Waals surface area contributed by atoms with E-state index in [0.29, 0.717) is 10.9 Å². The van der Waals surface area contributed by atoms with Crippen molar-refractivity contribution in [2.75, 3.05) is 18.4 Å². The Labute approximate surface area is 119 Å². The Morgan fingerprint density at radius 1 is 1.47 bits per heavy atom. The molecule has 2 rings (SSSR count). The maximum atomic E-state index is 12.6. The van der Waals surface area contributed by atoms with Crippen LogP contribution in [-0.4, -0.2) is 19.0 Å². The Morgan fingerprint density at radius 3 is 2.79 bits per heavy atom. The van der Waals surface area contributed by atoms with Gasteiger partial charge in [-0.05, 0) is 43.5 Å². The monoisotopic (exact) mass is 280 g/mol. The largest absolute Gasteiger partial charge is 0.325 e. The number of hydrogen-bond donors (Lipinski definition) is 2. The molecule has 19 heavy (non-hydrogen) atoms. The Morgan fingerprint density at radius 2 is 2.21 bits per heavy atom. The van der Waals surface area contributed by atoms with E-state index in [0.717, 1.165) is 30.8 Å². The molecule has 4 heteroatoms. The molecule has 1 aliphatic rings. The Kier molecular flexibility index (Phi) is 4.16. The zero-order valence-electron chi connectivity index (χ0n) is 11.7. The highest BCUT2D eigenvalue weighted by Gasteiger charge is 2.43. The quantitative estimate of drug-likeness (QED) is 0.893. The van der Waals surface area contributed by atoms with Crippen molar-refractivity contribution in [1.82, 2.24) is 5.32 Å². The lowest BCUT2D eigenvalue weighted by Crippen LogP contribution is -2.42. The standard InChI is InChI=1S/C15H21ClN2O/c1-10(2)15(6-7-17-9-15)14(19)18-13-8-12(16)5-4-11(13)3/h4-5,8,10,17H,6-7,9H2,1-3H3,(H,18,19). The molecule has 0 spiro atoms. The van der Waals surface area contributed by atoms with E-state index in [1.165, 1.54) is 0 Å². The Balaban J connectivity index is 2.22. The van der Waals surface area contributed by atoms with Gasteiger partial charge >= 0.3 is 0 Å². The third kappa shape index (κ3) is 2.77. The maximum absolute atomic E-state index is 12.6. The van der Waals surface area contributed by atoms with Crippen LogP contribution < -0.4 is 10.6 Å². The Bertz CT molecular complexity index is 479. The Hall–Kier alpha value is -1.06. The minimum absolute atomic E-state index is 0.0952. The number of rotatable bonds is 3. The van der Waals surface area contributed by atoms with Gasteiger partial charge in [-0.1, -0.05) is 31.5 Å². The molecule has 104 valence electrons. The minimum atomic E-state index is -0.311. The number of aryl methyl sites for hydroxylation is 1. The predicted molar refractivity (Wildman–Crippen MR) is 79.6 cm³/mol. The highest BCUT2D eigenvalue weighted by atomic mass is 35.5. The third-order valence-electron chi connectivity index (χ3n) is 4.19. The van der Waals surface area contributed by atoms with E-state index in [9.17, 15) is 4.79 Å². The van der Waals surface area contributed by atoms with Crippen molar-refractivity contribution < 1.29 is 4.79 Å². The van der Waals surface area contributed by atoms with E-state index < -0.39 is 0 Å². The first kappa shape index (κ1) is 14.4. The van der Waals surface area contributed by atoms with Gasteiger partial charge in [-0.15, -0.1) is 0 Å². The fraction of sp³-hybridized carbons (Fsp3) is 0.533. The number of hydrogen-bond acceptors (Lipinski definition) is 2. The van der Waals surface area contributed by atoms with Gasteiger partial charge in [0.1, 0.15) is 0 Å². The van der Waals surface area contributed by atoms with Crippen LogP contribution in [0.3, 0.4) is 0 Å². The lowest BCUT2D eigenvalue weighted by atomic mass is 9.75. The average Bonchev–Trinajstić information content (AvgIpc) is 2.84. The maximum Gasteiger partial charge on any atom is 0.232 e. The van der Waals surface area contributed by atoms with Crippen molar-refractivity contribution in [2.24, 2.45) is 11.3 Å². The van der Waals surface area contributed by atoms with Gasteiger partial charge in [0.2, 0.25) is 5.91 Å². The molecular weight excluding hydrogens is 260 g/mol. The van der Waals surface area contributed by atoms with E-state index in [4.69, 9.17) is 11.6 Å². The molecule has 1 atom stereocenters. The van der Waals surface area contributed by atoms with E-state index in [1.54, 1.807) is 0 Å². The van der Waals surface area contributed by atoms with Gasteiger partial charge in [0.15, 0.2) is 0 Å². The molecule has 2 N–H and O–H groups in total. The summed E-state index contributed by atoms with van der Waals surface area (Å²) in [5.74, 6) is 0.403. The lowest BCUT2D eigenvalue weighted by molar-refractivity contribution is -0.126. The third-order valence-corrected chi connectivity index (χ3v) is 4.43. The van der Waals surface area contributed by atoms with Gasteiger partial charge in [-0.25, -0.2) is 0 Å². The van der Waals surface area contributed by atoms with Crippen LogP contribution in [0, 0.1) is 18.3 Å². The minimum Gasteiger partial charge on any atom is -0.325 e. The van der Waals surface area contributed by atoms with Gasteiger partial charge in [-0.2, -0.15) is 0 Å². The molecule has 1 amide bonds. The average molecular weight is 281 g/mol. The summed E-state index contributed by atoms with van der Waals surface area (Å²) >= 11 is 5.99. The molecule has 1 fully saturated rings. The summed E-state index contributed by atoms with van der Waals surface area (Å²) in [6, 6.07) is 5.57. The van der Waals surface area contributed by atoms with Crippen LogP contribution in [0.1, 0.15) is 25.8 Å². The molecule has 1 aliphatic heterocycles. The van der Waals surface area contributed by atoms with Crippen LogP contribution >= 0.6 is 11.6 Å². The molecule has 1 aromatic rings. The molecule has 0 saturated carbocycles. The normalized spacial score (nSPS) is 22.8. The van der Waals surface area contributed by atoms with Crippen LogP contribution in [0.4, 0.5) is 5.69 Å². The van der Waals surface area contributed by atoms with Gasteiger partial charge in [-0.3, -0.25) is 4.79 Å². The summed E-state index contributed by atoms with van der Waals surface area (Å²) in [5.41, 5.74) is 1.53. The fourth-order valence-electron chi connectivity index (χ4n) is 2.64. The number of carbonyl (C=O) groups is 1. The number of nitrogens with one attached hydrogen (secondary N) is 2. The van der Waals surface area contributed by atoms with Crippen LogP contribution in [-0.2, 0) is 4.79 Å². The number of anilines is 1. The highest BCUT2D eigenvalue weighted by Crippen LogP contribution is 2.36. The summed E-state index contributed by atoms with van der Waals surface area (Å²) in [7, 11) is 0. The van der Waals surface area contributed by atoms with E-state index >= 15 is 0 Å². The molecule has 0 aliphatic carbocycles. The SMILES string of the molecule is Cc1ccc(Cl)cc1NC(=O)C1(C(C)C)CCNC1. The molecule has 3 nitrogen and oxygen atoms in total. The van der Waals surface area contributed by atoms with Gasteiger partial charge in [0.25, 0.3) is 0 Å². The van der Waals surface area contributed by atoms with Crippen LogP contribution in [0.25, 0.3) is 0 Å². The second-order valence-corrected chi connectivity index (χ2v) is 6.09. The van der Waals surface area contributed by atoms with E-state index in [-0.39, 0.29) is 11.3 Å². The van der Waals surface area contributed by atoms with Gasteiger partial charge in [0.05, 0.1) is 5.41 Å². The summed E-state index contributed by atoms with van der Waals surface area (Å²) < 4.78 is 0. The second kappa shape index (κ2) is 5.51. The summed E-state index contributed by atoms with van der Waals surface area (Å²) in [6.45, 7) is 7.84. The highest BCUT2D eigenvalue weighted by molar-refractivity contribution is 6.31. The summed E-state index contributed by atoms with van der Waals surface area (Å²) in [5, 5.41) is 6.99. The summed E-state index contributed by atoms with van der Waals surface area (Å²) in [4.78, 5) is 12.6. The fourth-order valence-corrected chi connectivity index (χ4v) is 2.81. The van der Waals surface area contributed by atoms with E-state index in [2.05, 4.69) is 24.5 Å². The van der Waals surface area contributed by atoms with Crippen LogP contribution in [0.2, 0.25) is 5.02 Å². The molecular formula is C15H21ClN2O. The molecule has 1 saturated heterocycles. The molecule has 1 aromatic carbocycles. The predicted octanol–water partition coefficient (Wildman–Crippen LogP) is 3.22. The van der Waals surface area contributed by atoms with Crippen LogP contribution in [0.15, 0.2) is 18.2 Å². The first-order valence-corrected chi connectivity index (χ1v) is 7.12. The van der Waals surface area contributed by atoms with E-state index in [1.807, 2.05) is 25.1 Å². The molecule has 0 radical (unpaired) electrons. The zero-order valence-corrected chi connectivity index (χ0v) is 12.5. The topological polar surface area (TPSA) is 41.1 Å². The molecule has 0 aromatic heterocycles. The van der Waals surface area contributed by atoms with Crippen molar-refractivity contribution in [3.05, 3.63) is 28.8 Å². The molecule has 1 unspecified atom stereocenters. The first-order chi connectivity index (χ1) is 8.95. The first-order valence-electron chi connectivity index (χ1n) is 6.74. The van der Waals surface area contributed by atoms with Crippen molar-refractivity contribution in [2.45, 2.75) is 27.2 Å². The number of benzene rings is 1. The second-order valence-electron chi connectivity index (χ2n) is 5.65. The van der Waals surface area contributed by atoms with Crippen molar-refractivity contribution >= 4 is 23.2 Å². The van der Waals surface area contributed by atoms with Crippen LogP contribution in [0.5, 0.6) is 0 Å². The lowest BCUT2D eigenvalue weighted by Gasteiger charge is -2.31. The van der Waals surface area contributed by atoms with Gasteiger partial charge in [0, 0.05) is 17.3 Å². The molecule has 1 heterocycles. The number of amides is 1. The smallest absolute Gasteiger partial charge is 0.232 e. The van der Waals surface area contributed by atoms with Crippen molar-refractivity contribution in [3.8, 4) is 0 Å². The van der Waals surface area contributed by atoms with Crippen molar-refractivity contribution in [3.63, 3.8) is 0 Å². The number of halogens is 1. The molecule has 0 bridgehead atoms. The zero-order chi connectivity index (χ0) is 14.0. The summed E-state index contributed by atoms with van der Waals surface area (Å²) in [6.07, 6.45) is 0.885. The van der Waals surface area contributed by atoms with Crippen molar-refractivity contribution in [1.29, 1.82) is 0 Å². The van der Waals surface area contributed by atoms with Gasteiger partial charge < -0.3 is 10.6 Å².